The number of H-pyrrole nitrogens is 1. The van der Waals surface area contributed by atoms with Crippen LogP contribution >= 0.6 is 11.3 Å². The summed E-state index contributed by atoms with van der Waals surface area (Å²) in [5.74, 6) is 0.898. The second-order valence-corrected chi connectivity index (χ2v) is 7.31. The van der Waals surface area contributed by atoms with Gasteiger partial charge in [0.2, 0.25) is 5.91 Å². The molecule has 0 saturated carbocycles. The first kappa shape index (κ1) is 16.6. The van der Waals surface area contributed by atoms with Crippen LogP contribution in [0.2, 0.25) is 0 Å². The third kappa shape index (κ3) is 3.48. The molecule has 6 heteroatoms. The molecule has 0 spiro atoms. The van der Waals surface area contributed by atoms with Crippen LogP contribution in [0.4, 0.5) is 0 Å². The van der Waals surface area contributed by atoms with E-state index in [9.17, 15) is 4.79 Å². The van der Waals surface area contributed by atoms with Gasteiger partial charge in [0, 0.05) is 4.88 Å². The van der Waals surface area contributed by atoms with Gasteiger partial charge in [0.25, 0.3) is 0 Å². The van der Waals surface area contributed by atoms with E-state index < -0.39 is 0 Å². The SMILES string of the molecule is CCC(NC(=O)Cc1ccc2nc(C)[nH]c2c1)c1nc(C)c(C)s1. The first-order valence-corrected chi connectivity index (χ1v) is 8.96. The molecular formula is C18H22N4OS. The van der Waals surface area contributed by atoms with Crippen LogP contribution in [0.1, 0.15) is 46.4 Å². The molecule has 1 amide bonds. The topological polar surface area (TPSA) is 70.7 Å². The van der Waals surface area contributed by atoms with Crippen molar-refractivity contribution in [3.63, 3.8) is 0 Å². The molecule has 2 aromatic heterocycles. The molecule has 126 valence electrons. The number of amides is 1. The highest BCUT2D eigenvalue weighted by molar-refractivity contribution is 7.11. The van der Waals surface area contributed by atoms with Gasteiger partial charge in [-0.1, -0.05) is 13.0 Å². The maximum atomic E-state index is 12.4. The number of hydrogen-bond donors (Lipinski definition) is 2. The van der Waals surface area contributed by atoms with Crippen LogP contribution in [0.15, 0.2) is 18.2 Å². The summed E-state index contributed by atoms with van der Waals surface area (Å²) in [5.41, 5.74) is 3.92. The molecule has 0 bridgehead atoms. The monoisotopic (exact) mass is 342 g/mol. The van der Waals surface area contributed by atoms with Crippen LogP contribution < -0.4 is 5.32 Å². The minimum atomic E-state index is -0.0203. The minimum absolute atomic E-state index is 0.0166. The first-order chi connectivity index (χ1) is 11.5. The zero-order chi connectivity index (χ0) is 17.3. The highest BCUT2D eigenvalue weighted by Crippen LogP contribution is 2.25. The number of aryl methyl sites for hydroxylation is 3. The Hall–Kier alpha value is -2.21. The lowest BCUT2D eigenvalue weighted by atomic mass is 10.1. The molecule has 5 nitrogen and oxygen atoms in total. The number of thiazole rings is 1. The maximum absolute atomic E-state index is 12.4. The number of benzene rings is 1. The maximum Gasteiger partial charge on any atom is 0.224 e. The summed E-state index contributed by atoms with van der Waals surface area (Å²) in [4.78, 5) is 25.8. The largest absolute Gasteiger partial charge is 0.347 e. The molecule has 0 aliphatic rings. The molecule has 3 aromatic rings. The van der Waals surface area contributed by atoms with Crippen molar-refractivity contribution in [3.8, 4) is 0 Å². The number of rotatable bonds is 5. The molecule has 1 unspecified atom stereocenters. The van der Waals surface area contributed by atoms with E-state index in [4.69, 9.17) is 0 Å². The lowest BCUT2D eigenvalue weighted by molar-refractivity contribution is -0.121. The summed E-state index contributed by atoms with van der Waals surface area (Å²) < 4.78 is 0. The summed E-state index contributed by atoms with van der Waals surface area (Å²) in [7, 11) is 0. The Labute approximate surface area is 145 Å². The zero-order valence-corrected chi connectivity index (χ0v) is 15.3. The van der Waals surface area contributed by atoms with Crippen molar-refractivity contribution in [2.45, 2.75) is 46.6 Å². The van der Waals surface area contributed by atoms with Gasteiger partial charge >= 0.3 is 0 Å². The quantitative estimate of drug-likeness (QED) is 0.742. The van der Waals surface area contributed by atoms with Gasteiger partial charge in [0.05, 0.1) is 29.2 Å². The normalized spacial score (nSPS) is 12.5. The van der Waals surface area contributed by atoms with Gasteiger partial charge in [0.1, 0.15) is 10.8 Å². The van der Waals surface area contributed by atoms with E-state index in [-0.39, 0.29) is 11.9 Å². The number of carbonyl (C=O) groups excluding carboxylic acids is 1. The average molecular weight is 342 g/mol. The van der Waals surface area contributed by atoms with Crippen molar-refractivity contribution in [3.05, 3.63) is 45.2 Å². The van der Waals surface area contributed by atoms with Gasteiger partial charge in [-0.25, -0.2) is 9.97 Å². The van der Waals surface area contributed by atoms with Crippen molar-refractivity contribution in [2.75, 3.05) is 0 Å². The number of hydrogen-bond acceptors (Lipinski definition) is 4. The van der Waals surface area contributed by atoms with Crippen molar-refractivity contribution in [1.82, 2.24) is 20.3 Å². The lowest BCUT2D eigenvalue weighted by Crippen LogP contribution is -2.29. The van der Waals surface area contributed by atoms with Crippen LogP contribution in [-0.2, 0) is 11.2 Å². The average Bonchev–Trinajstić information content (AvgIpc) is 3.06. The molecule has 2 heterocycles. The lowest BCUT2D eigenvalue weighted by Gasteiger charge is -2.14. The van der Waals surface area contributed by atoms with Crippen molar-refractivity contribution >= 4 is 28.3 Å². The number of fused-ring (bicyclic) bond motifs is 1. The Bertz CT molecular complexity index is 861. The Morgan fingerprint density at radius 2 is 2.08 bits per heavy atom. The predicted molar refractivity (Wildman–Crippen MR) is 97.3 cm³/mol. The van der Waals surface area contributed by atoms with E-state index in [1.165, 1.54) is 4.88 Å². The molecule has 0 radical (unpaired) electrons. The third-order valence-corrected chi connectivity index (χ3v) is 5.30. The van der Waals surface area contributed by atoms with Gasteiger partial charge in [-0.05, 0) is 44.9 Å². The highest BCUT2D eigenvalue weighted by Gasteiger charge is 2.17. The number of aromatic nitrogens is 3. The summed E-state index contributed by atoms with van der Waals surface area (Å²) in [5, 5.41) is 4.10. The molecule has 1 atom stereocenters. The van der Waals surface area contributed by atoms with E-state index >= 15 is 0 Å². The van der Waals surface area contributed by atoms with Crippen LogP contribution in [-0.4, -0.2) is 20.9 Å². The van der Waals surface area contributed by atoms with Crippen LogP contribution in [0.5, 0.6) is 0 Å². The Balaban J connectivity index is 1.70. The first-order valence-electron chi connectivity index (χ1n) is 8.14. The summed E-state index contributed by atoms with van der Waals surface area (Å²) in [6.07, 6.45) is 1.19. The molecule has 0 saturated heterocycles. The summed E-state index contributed by atoms with van der Waals surface area (Å²) in [6.45, 7) is 8.06. The molecule has 1 aromatic carbocycles. The zero-order valence-electron chi connectivity index (χ0n) is 14.4. The fourth-order valence-electron chi connectivity index (χ4n) is 2.71. The fourth-order valence-corrected chi connectivity index (χ4v) is 3.77. The van der Waals surface area contributed by atoms with Gasteiger partial charge in [-0.3, -0.25) is 4.79 Å². The summed E-state index contributed by atoms with van der Waals surface area (Å²) in [6, 6.07) is 5.88. The standard InChI is InChI=1S/C18H22N4OS/c1-5-14(18-19-10(2)11(3)24-18)22-17(23)9-13-6-7-15-16(8-13)21-12(4)20-15/h6-8,14H,5,9H2,1-4H3,(H,20,21)(H,22,23). The number of aromatic amines is 1. The highest BCUT2D eigenvalue weighted by atomic mass is 32.1. The second kappa shape index (κ2) is 6.73. The molecule has 0 aliphatic carbocycles. The van der Waals surface area contributed by atoms with Gasteiger partial charge in [-0.15, -0.1) is 11.3 Å². The van der Waals surface area contributed by atoms with Gasteiger partial charge in [-0.2, -0.15) is 0 Å². The molecule has 0 fully saturated rings. The summed E-state index contributed by atoms with van der Waals surface area (Å²) >= 11 is 1.66. The van der Waals surface area contributed by atoms with Crippen LogP contribution in [0, 0.1) is 20.8 Å². The molecular weight excluding hydrogens is 320 g/mol. The van der Waals surface area contributed by atoms with E-state index in [0.29, 0.717) is 6.42 Å². The molecule has 24 heavy (non-hydrogen) atoms. The predicted octanol–water partition coefficient (Wildman–Crippen LogP) is 3.75. The van der Waals surface area contributed by atoms with Crippen molar-refractivity contribution in [1.29, 1.82) is 0 Å². The third-order valence-electron chi connectivity index (χ3n) is 4.12. The van der Waals surface area contributed by atoms with E-state index in [0.717, 1.165) is 39.5 Å². The number of imidazole rings is 1. The Morgan fingerprint density at radius 1 is 1.29 bits per heavy atom. The molecule has 0 aliphatic heterocycles. The van der Waals surface area contributed by atoms with Crippen LogP contribution in [0.25, 0.3) is 11.0 Å². The molecule has 2 N–H and O–H groups in total. The van der Waals surface area contributed by atoms with E-state index in [2.05, 4.69) is 34.1 Å². The van der Waals surface area contributed by atoms with Gasteiger partial charge in [0.15, 0.2) is 0 Å². The van der Waals surface area contributed by atoms with Crippen LogP contribution in [0.3, 0.4) is 0 Å². The van der Waals surface area contributed by atoms with Crippen molar-refractivity contribution in [2.24, 2.45) is 0 Å². The minimum Gasteiger partial charge on any atom is -0.347 e. The second-order valence-electron chi connectivity index (χ2n) is 6.07. The Morgan fingerprint density at radius 3 is 2.75 bits per heavy atom. The van der Waals surface area contributed by atoms with Crippen molar-refractivity contribution < 1.29 is 4.79 Å². The Kier molecular flexibility index (Phi) is 4.66. The smallest absolute Gasteiger partial charge is 0.224 e. The number of nitrogens with zero attached hydrogens (tertiary/aromatic N) is 2. The van der Waals surface area contributed by atoms with Gasteiger partial charge < -0.3 is 10.3 Å². The number of carbonyl (C=O) groups is 1. The van der Waals surface area contributed by atoms with E-state index in [1.807, 2.05) is 32.0 Å². The molecule has 3 rings (SSSR count). The van der Waals surface area contributed by atoms with E-state index in [1.54, 1.807) is 11.3 Å². The fraction of sp³-hybridized carbons (Fsp3) is 0.389. The number of nitrogens with one attached hydrogen (secondary N) is 2.